The largest absolute Gasteiger partial charge is 0.467 e. The first-order chi connectivity index (χ1) is 8.72. The van der Waals surface area contributed by atoms with Crippen LogP contribution in [-0.4, -0.2) is 47.7 Å². The van der Waals surface area contributed by atoms with E-state index in [1.807, 2.05) is 0 Å². The van der Waals surface area contributed by atoms with Gasteiger partial charge in [-0.05, 0) is 12.8 Å². The Morgan fingerprint density at radius 1 is 1.28 bits per heavy atom. The first-order valence-corrected chi connectivity index (χ1v) is 7.54. The predicted molar refractivity (Wildman–Crippen MR) is 70.4 cm³/mol. The topological polar surface area (TPSA) is 58.6 Å². The van der Waals surface area contributed by atoms with Crippen LogP contribution in [0.5, 0.6) is 0 Å². The number of hydrogen-bond acceptors (Lipinski definition) is 4. The molecular formula is C12H20N2O3S. The first kappa shape index (κ1) is 13.5. The summed E-state index contributed by atoms with van der Waals surface area (Å²) in [6.45, 7) is 0.614. The van der Waals surface area contributed by atoms with Crippen molar-refractivity contribution >= 4 is 23.8 Å². The van der Waals surface area contributed by atoms with E-state index >= 15 is 0 Å². The number of esters is 1. The molecule has 6 heteroatoms. The molecule has 2 aliphatic rings. The van der Waals surface area contributed by atoms with Crippen molar-refractivity contribution < 1.29 is 14.3 Å². The van der Waals surface area contributed by atoms with Gasteiger partial charge in [0.05, 0.1) is 7.11 Å². The highest BCUT2D eigenvalue weighted by molar-refractivity contribution is 8.00. The minimum atomic E-state index is -0.474. The van der Waals surface area contributed by atoms with E-state index < -0.39 is 5.37 Å². The molecule has 0 bridgehead atoms. The summed E-state index contributed by atoms with van der Waals surface area (Å²) in [6, 6.07) is 0.150. The summed E-state index contributed by atoms with van der Waals surface area (Å²) in [4.78, 5) is 25.3. The van der Waals surface area contributed by atoms with Crippen LogP contribution in [0.3, 0.4) is 0 Å². The summed E-state index contributed by atoms with van der Waals surface area (Å²) < 4.78 is 4.72. The average Bonchev–Trinajstić information content (AvgIpc) is 2.88. The zero-order valence-electron chi connectivity index (χ0n) is 10.7. The van der Waals surface area contributed by atoms with Crippen LogP contribution >= 0.6 is 11.8 Å². The Kier molecular flexibility index (Phi) is 4.74. The van der Waals surface area contributed by atoms with Gasteiger partial charge in [0.2, 0.25) is 0 Å². The van der Waals surface area contributed by atoms with Gasteiger partial charge >= 0.3 is 12.0 Å². The standard InChI is InChI=1S/C12H20N2O3S/c1-17-11(15)10-14(7-8-18-10)12(16)13-9-5-3-2-4-6-9/h9-10H,2-8H2,1H3,(H,13,16). The number of thioether (sulfide) groups is 1. The van der Waals surface area contributed by atoms with Crippen LogP contribution in [0.4, 0.5) is 4.79 Å². The Balaban J connectivity index is 1.89. The lowest BCUT2D eigenvalue weighted by atomic mass is 9.96. The normalized spacial score (nSPS) is 24.9. The summed E-state index contributed by atoms with van der Waals surface area (Å²) in [5.74, 6) is 0.453. The SMILES string of the molecule is COC(=O)C1SCCN1C(=O)NC1CCCCC1. The molecule has 1 aliphatic heterocycles. The Hall–Kier alpha value is -0.910. The molecule has 0 radical (unpaired) electrons. The van der Waals surface area contributed by atoms with Gasteiger partial charge in [0.25, 0.3) is 0 Å². The van der Waals surface area contributed by atoms with Gasteiger partial charge in [-0.3, -0.25) is 0 Å². The third-order valence-corrected chi connectivity index (χ3v) is 4.67. The maximum atomic E-state index is 12.1. The predicted octanol–water partition coefficient (Wildman–Crippen LogP) is 1.58. The Morgan fingerprint density at radius 2 is 2.00 bits per heavy atom. The zero-order valence-corrected chi connectivity index (χ0v) is 11.5. The van der Waals surface area contributed by atoms with E-state index in [0.29, 0.717) is 6.54 Å². The second kappa shape index (κ2) is 6.31. The smallest absolute Gasteiger partial charge is 0.339 e. The fraction of sp³-hybridized carbons (Fsp3) is 0.833. The van der Waals surface area contributed by atoms with Crippen LogP contribution in [0.15, 0.2) is 0 Å². The molecule has 2 fully saturated rings. The average molecular weight is 272 g/mol. The lowest BCUT2D eigenvalue weighted by molar-refractivity contribution is -0.142. The van der Waals surface area contributed by atoms with E-state index in [1.165, 1.54) is 38.1 Å². The molecule has 0 aromatic rings. The highest BCUT2D eigenvalue weighted by atomic mass is 32.2. The Morgan fingerprint density at radius 3 is 2.67 bits per heavy atom. The minimum absolute atomic E-state index is 0.123. The van der Waals surface area contributed by atoms with E-state index in [1.54, 1.807) is 4.90 Å². The Bertz CT molecular complexity index is 318. The van der Waals surface area contributed by atoms with Gasteiger partial charge in [0, 0.05) is 18.3 Å². The van der Waals surface area contributed by atoms with Gasteiger partial charge in [0.15, 0.2) is 5.37 Å². The number of ether oxygens (including phenoxy) is 1. The Labute approximate surface area is 112 Å². The highest BCUT2D eigenvalue weighted by Crippen LogP contribution is 2.25. The summed E-state index contributed by atoms with van der Waals surface area (Å²) in [6.07, 6.45) is 5.72. The number of rotatable bonds is 2. The van der Waals surface area contributed by atoms with Crippen LogP contribution in [0, 0.1) is 0 Å². The van der Waals surface area contributed by atoms with E-state index in [0.717, 1.165) is 18.6 Å². The third kappa shape index (κ3) is 3.10. The van der Waals surface area contributed by atoms with Gasteiger partial charge in [-0.1, -0.05) is 19.3 Å². The molecule has 1 N–H and O–H groups in total. The van der Waals surface area contributed by atoms with Crippen molar-refractivity contribution in [3.05, 3.63) is 0 Å². The fourth-order valence-corrected chi connectivity index (χ4v) is 3.62. The number of urea groups is 1. The van der Waals surface area contributed by atoms with Crippen LogP contribution in [-0.2, 0) is 9.53 Å². The third-order valence-electron chi connectivity index (χ3n) is 3.49. The molecule has 1 heterocycles. The summed E-state index contributed by atoms with van der Waals surface area (Å²) in [5.41, 5.74) is 0. The molecule has 102 valence electrons. The number of amides is 2. The van der Waals surface area contributed by atoms with Crippen molar-refractivity contribution in [1.82, 2.24) is 10.2 Å². The van der Waals surface area contributed by atoms with Crippen LogP contribution in [0.25, 0.3) is 0 Å². The van der Waals surface area contributed by atoms with Crippen molar-refractivity contribution in [3.8, 4) is 0 Å². The molecule has 0 aromatic heterocycles. The molecule has 1 unspecified atom stereocenters. The number of carbonyl (C=O) groups excluding carboxylic acids is 2. The van der Waals surface area contributed by atoms with E-state index in [2.05, 4.69) is 5.32 Å². The quantitative estimate of drug-likeness (QED) is 0.775. The zero-order chi connectivity index (χ0) is 13.0. The molecule has 1 aliphatic carbocycles. The van der Waals surface area contributed by atoms with Crippen LogP contribution < -0.4 is 5.32 Å². The van der Waals surface area contributed by atoms with Crippen molar-refractivity contribution in [1.29, 1.82) is 0 Å². The molecule has 5 nitrogen and oxygen atoms in total. The van der Waals surface area contributed by atoms with Gasteiger partial charge in [-0.25, -0.2) is 9.59 Å². The van der Waals surface area contributed by atoms with Crippen molar-refractivity contribution in [3.63, 3.8) is 0 Å². The maximum Gasteiger partial charge on any atom is 0.339 e. The van der Waals surface area contributed by atoms with Gasteiger partial charge < -0.3 is 15.0 Å². The number of nitrogens with zero attached hydrogens (tertiary/aromatic N) is 1. The van der Waals surface area contributed by atoms with Crippen molar-refractivity contribution in [2.24, 2.45) is 0 Å². The molecular weight excluding hydrogens is 252 g/mol. The van der Waals surface area contributed by atoms with E-state index in [4.69, 9.17) is 4.74 Å². The first-order valence-electron chi connectivity index (χ1n) is 6.49. The van der Waals surface area contributed by atoms with E-state index in [9.17, 15) is 9.59 Å². The molecule has 1 saturated carbocycles. The number of nitrogens with one attached hydrogen (secondary N) is 1. The van der Waals surface area contributed by atoms with Gasteiger partial charge in [-0.15, -0.1) is 11.8 Å². The van der Waals surface area contributed by atoms with Crippen LogP contribution in [0.1, 0.15) is 32.1 Å². The second-order valence-corrected chi connectivity index (χ2v) is 5.91. The number of carbonyl (C=O) groups is 2. The van der Waals surface area contributed by atoms with E-state index in [-0.39, 0.29) is 18.0 Å². The molecule has 2 rings (SSSR count). The molecule has 1 atom stereocenters. The second-order valence-electron chi connectivity index (χ2n) is 4.72. The molecule has 0 aromatic carbocycles. The van der Waals surface area contributed by atoms with Crippen molar-refractivity contribution in [2.45, 2.75) is 43.5 Å². The highest BCUT2D eigenvalue weighted by Gasteiger charge is 2.36. The summed E-state index contributed by atoms with van der Waals surface area (Å²) in [7, 11) is 1.36. The number of methoxy groups -OCH3 is 1. The monoisotopic (exact) mass is 272 g/mol. The molecule has 2 amide bonds. The lowest BCUT2D eigenvalue weighted by Gasteiger charge is -2.27. The number of hydrogen-bond donors (Lipinski definition) is 1. The van der Waals surface area contributed by atoms with Crippen molar-refractivity contribution in [2.75, 3.05) is 19.4 Å². The lowest BCUT2D eigenvalue weighted by Crippen LogP contribution is -2.49. The molecule has 18 heavy (non-hydrogen) atoms. The summed E-state index contributed by atoms with van der Waals surface area (Å²) >= 11 is 1.46. The fourth-order valence-electron chi connectivity index (χ4n) is 2.48. The summed E-state index contributed by atoms with van der Waals surface area (Å²) in [5, 5.41) is 2.56. The molecule has 1 saturated heterocycles. The van der Waals surface area contributed by atoms with Gasteiger partial charge in [-0.2, -0.15) is 0 Å². The van der Waals surface area contributed by atoms with Crippen LogP contribution in [0.2, 0.25) is 0 Å². The minimum Gasteiger partial charge on any atom is -0.467 e. The molecule has 0 spiro atoms. The van der Waals surface area contributed by atoms with Gasteiger partial charge in [0.1, 0.15) is 0 Å². The maximum absolute atomic E-state index is 12.1.